The average molecular weight is 349 g/mol. The van der Waals surface area contributed by atoms with E-state index < -0.39 is 0 Å². The molecule has 0 aliphatic rings. The second kappa shape index (κ2) is 8.56. The van der Waals surface area contributed by atoms with E-state index in [2.05, 4.69) is 10.2 Å². The van der Waals surface area contributed by atoms with Crippen LogP contribution in [0.5, 0.6) is 0 Å². The van der Waals surface area contributed by atoms with E-state index in [1.807, 2.05) is 62.6 Å². The van der Waals surface area contributed by atoms with Crippen molar-refractivity contribution in [3.63, 3.8) is 0 Å². The Hall–Kier alpha value is -2.04. The third-order valence-electron chi connectivity index (χ3n) is 3.01. The van der Waals surface area contributed by atoms with Crippen LogP contribution < -0.4 is 0 Å². The molecule has 0 saturated carbocycles. The molecule has 0 amide bonds. The molecule has 23 heavy (non-hydrogen) atoms. The summed E-state index contributed by atoms with van der Waals surface area (Å²) in [4.78, 5) is 0. The summed E-state index contributed by atoms with van der Waals surface area (Å²) in [5.41, 5.74) is 1.76. The smallest absolute Gasteiger partial charge is 0.122 e. The van der Waals surface area contributed by atoms with Crippen LogP contribution >= 0.6 is 23.2 Å². The molecule has 0 fully saturated rings. The van der Waals surface area contributed by atoms with Gasteiger partial charge in [0.05, 0.1) is 12.4 Å². The average Bonchev–Trinajstić information content (AvgIpc) is 2.53. The molecular formula is C17H18Cl2N4. The molecule has 2 rings (SSSR count). The minimum atomic E-state index is 0.530. The Morgan fingerprint density at radius 3 is 1.57 bits per heavy atom. The molecule has 0 radical (unpaired) electrons. The largest absolute Gasteiger partial charge is 0.279 e. The lowest BCUT2D eigenvalue weighted by Crippen LogP contribution is -2.26. The Morgan fingerprint density at radius 1 is 0.783 bits per heavy atom. The standard InChI is InChI=1S/C17H18Cl2N4/c1-22(20-11-14-7-3-5-9-16(14)18)13-23(2)21-12-15-8-4-6-10-17(15)19/h3-12H,13H2,1-2H3/b20-11-,21-12-. The lowest BCUT2D eigenvalue weighted by Gasteiger charge is -2.19. The Balaban J connectivity index is 1.91. The van der Waals surface area contributed by atoms with E-state index in [9.17, 15) is 0 Å². The summed E-state index contributed by atoms with van der Waals surface area (Å²) in [6, 6.07) is 15.1. The number of rotatable bonds is 6. The SMILES string of the molecule is CN(CN(C)/N=C\c1ccccc1Cl)/N=C\c1ccccc1Cl. The van der Waals surface area contributed by atoms with E-state index >= 15 is 0 Å². The van der Waals surface area contributed by atoms with Crippen LogP contribution in [-0.2, 0) is 0 Å². The summed E-state index contributed by atoms with van der Waals surface area (Å²) in [5.74, 6) is 0. The van der Waals surface area contributed by atoms with Crippen molar-refractivity contribution in [2.24, 2.45) is 10.2 Å². The van der Waals surface area contributed by atoms with Crippen molar-refractivity contribution in [1.82, 2.24) is 10.0 Å². The highest BCUT2D eigenvalue weighted by molar-refractivity contribution is 6.33. The van der Waals surface area contributed by atoms with Crippen molar-refractivity contribution in [2.75, 3.05) is 20.8 Å². The summed E-state index contributed by atoms with van der Waals surface area (Å²) in [6.45, 7) is 0.530. The predicted octanol–water partition coefficient (Wildman–Crippen LogP) is 4.18. The zero-order chi connectivity index (χ0) is 16.7. The molecular weight excluding hydrogens is 331 g/mol. The fourth-order valence-electron chi connectivity index (χ4n) is 1.85. The van der Waals surface area contributed by atoms with Gasteiger partial charge >= 0.3 is 0 Å². The number of hydrogen-bond donors (Lipinski definition) is 0. The van der Waals surface area contributed by atoms with Gasteiger partial charge in [-0.3, -0.25) is 10.0 Å². The number of hydrogen-bond acceptors (Lipinski definition) is 4. The topological polar surface area (TPSA) is 31.2 Å². The number of benzene rings is 2. The summed E-state index contributed by atoms with van der Waals surface area (Å²) < 4.78 is 0. The number of halogens is 2. The van der Waals surface area contributed by atoms with E-state index in [1.165, 1.54) is 0 Å². The summed E-state index contributed by atoms with van der Waals surface area (Å²) in [5, 5.41) is 13.6. The van der Waals surface area contributed by atoms with Gasteiger partial charge in [0.1, 0.15) is 6.67 Å². The van der Waals surface area contributed by atoms with Gasteiger partial charge in [0.2, 0.25) is 0 Å². The van der Waals surface area contributed by atoms with Crippen LogP contribution in [-0.4, -0.2) is 43.2 Å². The molecule has 2 aromatic rings. The highest BCUT2D eigenvalue weighted by Gasteiger charge is 2.00. The first-order chi connectivity index (χ1) is 11.1. The molecule has 4 nitrogen and oxygen atoms in total. The first kappa shape index (κ1) is 17.3. The zero-order valence-electron chi connectivity index (χ0n) is 13.0. The Labute approximate surface area is 146 Å². The van der Waals surface area contributed by atoms with Gasteiger partial charge in [0.25, 0.3) is 0 Å². The monoisotopic (exact) mass is 348 g/mol. The van der Waals surface area contributed by atoms with Gasteiger partial charge in [-0.05, 0) is 12.1 Å². The minimum Gasteiger partial charge on any atom is -0.279 e. The van der Waals surface area contributed by atoms with Crippen molar-refractivity contribution >= 4 is 35.6 Å². The quantitative estimate of drug-likeness (QED) is 0.445. The second-order valence-corrected chi connectivity index (χ2v) is 5.80. The van der Waals surface area contributed by atoms with E-state index in [-0.39, 0.29) is 0 Å². The highest BCUT2D eigenvalue weighted by Crippen LogP contribution is 2.13. The van der Waals surface area contributed by atoms with Gasteiger partial charge in [-0.15, -0.1) is 0 Å². The molecule has 0 aliphatic heterocycles. The molecule has 0 aliphatic carbocycles. The van der Waals surface area contributed by atoms with E-state index in [0.717, 1.165) is 11.1 Å². The van der Waals surface area contributed by atoms with Crippen LogP contribution in [0.3, 0.4) is 0 Å². The maximum atomic E-state index is 6.09. The fraction of sp³-hybridized carbons (Fsp3) is 0.176. The molecule has 2 aromatic carbocycles. The van der Waals surface area contributed by atoms with Crippen LogP contribution in [0.1, 0.15) is 11.1 Å². The van der Waals surface area contributed by atoms with Crippen molar-refractivity contribution in [3.05, 3.63) is 69.7 Å². The van der Waals surface area contributed by atoms with E-state index in [1.54, 1.807) is 22.4 Å². The van der Waals surface area contributed by atoms with Crippen LogP contribution in [0.25, 0.3) is 0 Å². The highest BCUT2D eigenvalue weighted by atomic mass is 35.5. The van der Waals surface area contributed by atoms with Crippen molar-refractivity contribution in [2.45, 2.75) is 0 Å². The van der Waals surface area contributed by atoms with Gasteiger partial charge < -0.3 is 0 Å². The Bertz CT molecular complexity index is 641. The summed E-state index contributed by atoms with van der Waals surface area (Å²) >= 11 is 12.2. The molecule has 0 atom stereocenters. The van der Waals surface area contributed by atoms with Gasteiger partial charge in [-0.1, -0.05) is 59.6 Å². The second-order valence-electron chi connectivity index (χ2n) is 4.99. The first-order valence-electron chi connectivity index (χ1n) is 7.05. The maximum Gasteiger partial charge on any atom is 0.122 e. The molecule has 0 saturated heterocycles. The number of hydrazone groups is 2. The van der Waals surface area contributed by atoms with Crippen molar-refractivity contribution in [1.29, 1.82) is 0 Å². The molecule has 0 aromatic heterocycles. The van der Waals surface area contributed by atoms with Crippen molar-refractivity contribution < 1.29 is 0 Å². The molecule has 6 heteroatoms. The Kier molecular flexibility index (Phi) is 6.44. The van der Waals surface area contributed by atoms with Crippen LogP contribution in [0.4, 0.5) is 0 Å². The van der Waals surface area contributed by atoms with Gasteiger partial charge in [0.15, 0.2) is 0 Å². The minimum absolute atomic E-state index is 0.530. The lowest BCUT2D eigenvalue weighted by molar-refractivity contribution is 0.196. The lowest BCUT2D eigenvalue weighted by atomic mass is 10.2. The normalized spacial score (nSPS) is 11.3. The van der Waals surface area contributed by atoms with Crippen LogP contribution in [0.15, 0.2) is 58.7 Å². The molecule has 0 spiro atoms. The predicted molar refractivity (Wildman–Crippen MR) is 98.5 cm³/mol. The van der Waals surface area contributed by atoms with Crippen LogP contribution in [0.2, 0.25) is 10.0 Å². The van der Waals surface area contributed by atoms with Gasteiger partial charge in [-0.25, -0.2) is 0 Å². The van der Waals surface area contributed by atoms with E-state index in [4.69, 9.17) is 23.2 Å². The summed E-state index contributed by atoms with van der Waals surface area (Å²) in [7, 11) is 3.74. The van der Waals surface area contributed by atoms with Gasteiger partial charge in [-0.2, -0.15) is 10.2 Å². The van der Waals surface area contributed by atoms with Crippen LogP contribution in [0, 0.1) is 0 Å². The Morgan fingerprint density at radius 2 is 1.17 bits per heavy atom. The fourth-order valence-corrected chi connectivity index (χ4v) is 2.22. The van der Waals surface area contributed by atoms with Crippen molar-refractivity contribution in [3.8, 4) is 0 Å². The maximum absolute atomic E-state index is 6.09. The number of nitrogens with zero attached hydrogens (tertiary/aromatic N) is 4. The molecule has 0 bridgehead atoms. The zero-order valence-corrected chi connectivity index (χ0v) is 14.5. The first-order valence-corrected chi connectivity index (χ1v) is 7.81. The molecule has 0 heterocycles. The van der Waals surface area contributed by atoms with Gasteiger partial charge in [0, 0.05) is 35.3 Å². The molecule has 0 unspecified atom stereocenters. The third-order valence-corrected chi connectivity index (χ3v) is 3.70. The summed E-state index contributed by atoms with van der Waals surface area (Å²) in [6.07, 6.45) is 3.46. The third kappa shape index (κ3) is 5.58. The molecule has 0 N–H and O–H groups in total. The van der Waals surface area contributed by atoms with E-state index in [0.29, 0.717) is 16.7 Å². The molecule has 120 valence electrons.